The van der Waals surface area contributed by atoms with Crippen LogP contribution in [0.2, 0.25) is 0 Å². The van der Waals surface area contributed by atoms with E-state index in [2.05, 4.69) is 5.32 Å². The van der Waals surface area contributed by atoms with Gasteiger partial charge in [0, 0.05) is 22.4 Å². The third kappa shape index (κ3) is 6.60. The minimum absolute atomic E-state index is 0.274. The first-order chi connectivity index (χ1) is 13.0. The normalized spacial score (nSPS) is 19.0. The van der Waals surface area contributed by atoms with E-state index < -0.39 is 17.8 Å². The molecule has 1 aliphatic carbocycles. The molecule has 2 unspecified atom stereocenters. The maximum absolute atomic E-state index is 12.4. The van der Waals surface area contributed by atoms with Crippen LogP contribution in [0.1, 0.15) is 19.8 Å². The molecule has 27 heavy (non-hydrogen) atoms. The largest absolute Gasteiger partial charge is 0.481 e. The molecule has 0 aromatic heterocycles. The van der Waals surface area contributed by atoms with E-state index >= 15 is 0 Å². The molecule has 0 spiro atoms. The summed E-state index contributed by atoms with van der Waals surface area (Å²) in [6.45, 7) is 2.11. The van der Waals surface area contributed by atoms with Crippen molar-refractivity contribution in [3.8, 4) is 0 Å². The van der Waals surface area contributed by atoms with Gasteiger partial charge in [-0.1, -0.05) is 18.2 Å². The van der Waals surface area contributed by atoms with Crippen LogP contribution < -0.4 is 5.32 Å². The van der Waals surface area contributed by atoms with Gasteiger partial charge in [-0.2, -0.15) is 0 Å². The molecule has 2 N–H and O–H groups in total. The van der Waals surface area contributed by atoms with Crippen molar-refractivity contribution in [2.24, 2.45) is 11.8 Å². The van der Waals surface area contributed by atoms with Crippen LogP contribution in [0.4, 0.5) is 5.69 Å². The van der Waals surface area contributed by atoms with Crippen LogP contribution in [0.15, 0.2) is 53.5 Å². The average molecular weight is 389 g/mol. The number of benzene rings is 1. The summed E-state index contributed by atoms with van der Waals surface area (Å²) < 4.78 is 4.80. The van der Waals surface area contributed by atoms with E-state index in [4.69, 9.17) is 4.74 Å². The SMILES string of the molecule is CCOC(=O)/C=C/CSc1ccc(NC(=O)C2CC=CCC2C(=O)O)cc1. The van der Waals surface area contributed by atoms with E-state index in [-0.39, 0.29) is 11.9 Å². The Morgan fingerprint density at radius 2 is 1.85 bits per heavy atom. The quantitative estimate of drug-likeness (QED) is 0.306. The zero-order valence-electron chi connectivity index (χ0n) is 15.1. The van der Waals surface area contributed by atoms with Gasteiger partial charge in [-0.15, -0.1) is 11.8 Å². The zero-order valence-corrected chi connectivity index (χ0v) is 15.9. The average Bonchev–Trinajstić information content (AvgIpc) is 2.66. The van der Waals surface area contributed by atoms with Crippen molar-refractivity contribution in [1.29, 1.82) is 0 Å². The predicted octanol–water partition coefficient (Wildman–Crippen LogP) is 3.50. The van der Waals surface area contributed by atoms with E-state index in [1.807, 2.05) is 24.3 Å². The molecule has 0 saturated carbocycles. The molecule has 0 heterocycles. The van der Waals surface area contributed by atoms with Crippen LogP contribution in [-0.4, -0.2) is 35.3 Å². The number of thioether (sulfide) groups is 1. The summed E-state index contributed by atoms with van der Waals surface area (Å²) in [6, 6.07) is 7.30. The predicted molar refractivity (Wildman–Crippen MR) is 105 cm³/mol. The van der Waals surface area contributed by atoms with Gasteiger partial charge in [-0.3, -0.25) is 9.59 Å². The molecular weight excluding hydrogens is 366 g/mol. The molecule has 2 atom stereocenters. The first-order valence-corrected chi connectivity index (χ1v) is 9.74. The van der Waals surface area contributed by atoms with Gasteiger partial charge in [0.2, 0.25) is 5.91 Å². The number of hydrogen-bond acceptors (Lipinski definition) is 5. The third-order valence-electron chi connectivity index (χ3n) is 4.09. The molecule has 1 aromatic carbocycles. The highest BCUT2D eigenvalue weighted by atomic mass is 32.2. The number of hydrogen-bond donors (Lipinski definition) is 2. The third-order valence-corrected chi connectivity index (χ3v) is 5.06. The van der Waals surface area contributed by atoms with Gasteiger partial charge in [0.05, 0.1) is 18.4 Å². The summed E-state index contributed by atoms with van der Waals surface area (Å²) in [5.41, 5.74) is 0.630. The Morgan fingerprint density at radius 3 is 2.48 bits per heavy atom. The van der Waals surface area contributed by atoms with Gasteiger partial charge in [-0.25, -0.2) is 4.79 Å². The van der Waals surface area contributed by atoms with Gasteiger partial charge in [-0.05, 0) is 44.0 Å². The summed E-state index contributed by atoms with van der Waals surface area (Å²) in [5.74, 6) is -2.19. The van der Waals surface area contributed by atoms with Gasteiger partial charge in [0.15, 0.2) is 0 Å². The van der Waals surface area contributed by atoms with Gasteiger partial charge < -0.3 is 15.2 Å². The maximum atomic E-state index is 12.4. The number of anilines is 1. The summed E-state index contributed by atoms with van der Waals surface area (Å²) in [6.07, 6.45) is 7.62. The number of nitrogens with one attached hydrogen (secondary N) is 1. The second kappa shape index (κ2) is 10.6. The summed E-state index contributed by atoms with van der Waals surface area (Å²) >= 11 is 1.55. The maximum Gasteiger partial charge on any atom is 0.330 e. The van der Waals surface area contributed by atoms with Crippen molar-refractivity contribution in [2.75, 3.05) is 17.7 Å². The fraction of sp³-hybridized carbons (Fsp3) is 0.350. The smallest absolute Gasteiger partial charge is 0.330 e. The van der Waals surface area contributed by atoms with Crippen LogP contribution in [0.5, 0.6) is 0 Å². The number of carboxylic acids is 1. The highest BCUT2D eigenvalue weighted by Crippen LogP contribution is 2.28. The molecule has 0 saturated heterocycles. The lowest BCUT2D eigenvalue weighted by molar-refractivity contribution is -0.146. The summed E-state index contributed by atoms with van der Waals surface area (Å²) in [7, 11) is 0. The highest BCUT2D eigenvalue weighted by Gasteiger charge is 2.33. The van der Waals surface area contributed by atoms with Crippen LogP contribution in [0, 0.1) is 11.8 Å². The molecule has 1 aliphatic rings. The lowest BCUT2D eigenvalue weighted by atomic mass is 9.82. The second-order valence-corrected chi connectivity index (χ2v) is 7.07. The van der Waals surface area contributed by atoms with E-state index in [0.29, 0.717) is 30.9 Å². The number of amides is 1. The summed E-state index contributed by atoms with van der Waals surface area (Å²) in [5, 5.41) is 12.1. The Bertz CT molecular complexity index is 726. The number of allylic oxidation sites excluding steroid dienone is 2. The number of aliphatic carboxylic acids is 1. The van der Waals surface area contributed by atoms with Crippen molar-refractivity contribution in [3.63, 3.8) is 0 Å². The Hall–Kier alpha value is -2.54. The number of esters is 1. The minimum Gasteiger partial charge on any atom is -0.481 e. The molecule has 2 rings (SSSR count). The van der Waals surface area contributed by atoms with Gasteiger partial charge in [0.1, 0.15) is 0 Å². The molecule has 0 radical (unpaired) electrons. The number of carbonyl (C=O) groups is 3. The van der Waals surface area contributed by atoms with Crippen LogP contribution >= 0.6 is 11.8 Å². The molecular formula is C20H23NO5S. The fourth-order valence-corrected chi connectivity index (χ4v) is 3.44. The Kier molecular flexibility index (Phi) is 8.13. The van der Waals surface area contributed by atoms with Crippen molar-refractivity contribution in [3.05, 3.63) is 48.6 Å². The monoisotopic (exact) mass is 389 g/mol. The van der Waals surface area contributed by atoms with Gasteiger partial charge >= 0.3 is 11.9 Å². The molecule has 144 valence electrons. The van der Waals surface area contributed by atoms with Gasteiger partial charge in [0.25, 0.3) is 0 Å². The topological polar surface area (TPSA) is 92.7 Å². The van der Waals surface area contributed by atoms with Crippen molar-refractivity contribution >= 4 is 35.3 Å². The number of ether oxygens (including phenoxy) is 1. The van der Waals surface area contributed by atoms with Crippen LogP contribution in [0.3, 0.4) is 0 Å². The number of rotatable bonds is 8. The number of carboxylic acid groups (broad SMARTS) is 1. The first kappa shape index (κ1) is 20.8. The van der Waals surface area contributed by atoms with Crippen molar-refractivity contribution in [2.45, 2.75) is 24.7 Å². The Balaban J connectivity index is 1.86. The molecule has 0 fully saturated rings. The highest BCUT2D eigenvalue weighted by molar-refractivity contribution is 7.99. The Labute approximate surface area is 162 Å². The van der Waals surface area contributed by atoms with Crippen LogP contribution in [-0.2, 0) is 19.1 Å². The van der Waals surface area contributed by atoms with E-state index in [9.17, 15) is 19.5 Å². The molecule has 1 amide bonds. The molecule has 7 heteroatoms. The zero-order chi connectivity index (χ0) is 19.6. The molecule has 6 nitrogen and oxygen atoms in total. The second-order valence-electron chi connectivity index (χ2n) is 5.97. The standard InChI is InChI=1S/C20H23NO5S/c1-2-26-18(22)8-5-13-27-15-11-9-14(10-12-15)21-19(23)16-6-3-4-7-17(16)20(24)25/h3-5,8-12,16-17H,2,6-7,13H2,1H3,(H,21,23)(H,24,25)/b8-5+. The van der Waals surface area contributed by atoms with E-state index in [1.165, 1.54) is 6.08 Å². The lowest BCUT2D eigenvalue weighted by Gasteiger charge is -2.24. The van der Waals surface area contributed by atoms with Crippen LogP contribution in [0.25, 0.3) is 0 Å². The molecule has 0 aliphatic heterocycles. The molecule has 1 aromatic rings. The number of carbonyl (C=O) groups excluding carboxylic acids is 2. The Morgan fingerprint density at radius 1 is 1.19 bits per heavy atom. The fourth-order valence-electron chi connectivity index (χ4n) is 2.73. The summed E-state index contributed by atoms with van der Waals surface area (Å²) in [4.78, 5) is 35.9. The van der Waals surface area contributed by atoms with Crippen molar-refractivity contribution < 1.29 is 24.2 Å². The molecule has 0 bridgehead atoms. The minimum atomic E-state index is -0.942. The van der Waals surface area contributed by atoms with Crippen molar-refractivity contribution in [1.82, 2.24) is 0 Å². The lowest BCUT2D eigenvalue weighted by Crippen LogP contribution is -2.34. The van der Waals surface area contributed by atoms with E-state index in [0.717, 1.165) is 4.90 Å². The van der Waals surface area contributed by atoms with E-state index in [1.54, 1.807) is 36.9 Å². The first-order valence-electron chi connectivity index (χ1n) is 8.76.